The van der Waals surface area contributed by atoms with Gasteiger partial charge in [0, 0.05) is 13.0 Å². The Balaban J connectivity index is 1.71. The van der Waals surface area contributed by atoms with Crippen molar-refractivity contribution in [2.24, 2.45) is 5.92 Å². The van der Waals surface area contributed by atoms with Crippen LogP contribution in [0.3, 0.4) is 0 Å². The number of rotatable bonds is 26. The van der Waals surface area contributed by atoms with E-state index in [9.17, 15) is 4.79 Å². The molecule has 1 saturated heterocycles. The zero-order valence-electron chi connectivity index (χ0n) is 29.2. The second-order valence-corrected chi connectivity index (χ2v) is 13.3. The van der Waals surface area contributed by atoms with Crippen LogP contribution in [-0.4, -0.2) is 31.1 Å². The maximum Gasteiger partial charge on any atom is 0.311 e. The maximum absolute atomic E-state index is 13.9. The molecule has 3 rings (SSSR count). The zero-order chi connectivity index (χ0) is 32.5. The third kappa shape index (κ3) is 16.6. The number of benzene rings is 2. The molecule has 1 heterocycles. The molecule has 0 spiro atoms. The van der Waals surface area contributed by atoms with Crippen molar-refractivity contribution in [3.05, 3.63) is 71.8 Å². The average molecular weight is 637 g/mol. The van der Waals surface area contributed by atoms with Gasteiger partial charge in [0.15, 0.2) is 6.29 Å². The first kappa shape index (κ1) is 38.2. The molecule has 1 unspecified atom stereocenters. The van der Waals surface area contributed by atoms with E-state index in [1.54, 1.807) is 0 Å². The lowest BCUT2D eigenvalue weighted by molar-refractivity contribution is -0.199. The van der Waals surface area contributed by atoms with Crippen molar-refractivity contribution in [3.8, 4) is 0 Å². The highest BCUT2D eigenvalue weighted by atomic mass is 16.7. The lowest BCUT2D eigenvalue weighted by atomic mass is 9.90. The smallest absolute Gasteiger partial charge is 0.311 e. The summed E-state index contributed by atoms with van der Waals surface area (Å²) in [5.74, 6) is -0.500. The summed E-state index contributed by atoms with van der Waals surface area (Å²) < 4.78 is 25.4. The van der Waals surface area contributed by atoms with Gasteiger partial charge in [-0.1, -0.05) is 158 Å². The van der Waals surface area contributed by atoms with Crippen molar-refractivity contribution in [3.63, 3.8) is 0 Å². The van der Waals surface area contributed by atoms with Crippen LogP contribution in [0.25, 0.3) is 0 Å². The maximum atomic E-state index is 13.9. The molecule has 5 nitrogen and oxygen atoms in total. The predicted molar refractivity (Wildman–Crippen MR) is 188 cm³/mol. The van der Waals surface area contributed by atoms with Crippen LogP contribution >= 0.6 is 0 Å². The Kier molecular flexibility index (Phi) is 20.7. The van der Waals surface area contributed by atoms with E-state index in [2.05, 4.69) is 26.0 Å². The molecule has 4 atom stereocenters. The topological polar surface area (TPSA) is 54.0 Å². The number of hydrogen-bond donors (Lipinski definition) is 0. The van der Waals surface area contributed by atoms with Crippen LogP contribution < -0.4 is 0 Å². The van der Waals surface area contributed by atoms with Gasteiger partial charge in [-0.25, -0.2) is 0 Å². The lowest BCUT2D eigenvalue weighted by Crippen LogP contribution is -2.37. The van der Waals surface area contributed by atoms with Crippen LogP contribution in [0.1, 0.15) is 147 Å². The minimum absolute atomic E-state index is 0.0199. The molecule has 0 saturated carbocycles. The van der Waals surface area contributed by atoms with Gasteiger partial charge >= 0.3 is 5.97 Å². The van der Waals surface area contributed by atoms with E-state index in [1.165, 1.54) is 57.8 Å². The highest BCUT2D eigenvalue weighted by Gasteiger charge is 2.34. The Morgan fingerprint density at radius 1 is 0.717 bits per heavy atom. The number of esters is 1. The van der Waals surface area contributed by atoms with Gasteiger partial charge in [-0.2, -0.15) is 0 Å². The molecule has 1 fully saturated rings. The highest BCUT2D eigenvalue weighted by Crippen LogP contribution is 2.29. The van der Waals surface area contributed by atoms with Gasteiger partial charge in [-0.3, -0.25) is 4.79 Å². The van der Waals surface area contributed by atoms with E-state index in [0.717, 1.165) is 75.5 Å². The van der Waals surface area contributed by atoms with Gasteiger partial charge in [-0.05, 0) is 43.2 Å². The van der Waals surface area contributed by atoms with Crippen LogP contribution in [0.5, 0.6) is 0 Å². The molecule has 1 aliphatic rings. The van der Waals surface area contributed by atoms with Crippen molar-refractivity contribution in [1.82, 2.24) is 0 Å². The number of ether oxygens (including phenoxy) is 4. The summed E-state index contributed by atoms with van der Waals surface area (Å²) in [7, 11) is 0. The van der Waals surface area contributed by atoms with Gasteiger partial charge in [0.1, 0.15) is 6.61 Å². The van der Waals surface area contributed by atoms with Crippen LogP contribution in [0.2, 0.25) is 0 Å². The molecule has 1 aliphatic heterocycles. The summed E-state index contributed by atoms with van der Waals surface area (Å²) in [5, 5.41) is 0. The third-order valence-electron chi connectivity index (χ3n) is 9.26. The largest absolute Gasteiger partial charge is 0.461 e. The van der Waals surface area contributed by atoms with Crippen molar-refractivity contribution < 1.29 is 23.7 Å². The number of unbranched alkanes of at least 4 members (excludes halogenated alkanes) is 11. The van der Waals surface area contributed by atoms with Gasteiger partial charge in [0.2, 0.25) is 0 Å². The quantitative estimate of drug-likeness (QED) is 0.0759. The van der Waals surface area contributed by atoms with Crippen molar-refractivity contribution in [2.75, 3.05) is 6.61 Å². The molecule has 2 aromatic rings. The second kappa shape index (κ2) is 24.9. The SMILES string of the molecule is CCCCCCCCCCC[C@H](C[C@H](OCc1ccccc1)[C@H](CCCCCC)C(=O)OCc1ccccc1)OC1CCCCO1. The van der Waals surface area contributed by atoms with Crippen molar-refractivity contribution in [1.29, 1.82) is 0 Å². The van der Waals surface area contributed by atoms with E-state index in [-0.39, 0.29) is 37.0 Å². The fourth-order valence-electron chi connectivity index (χ4n) is 6.42. The summed E-state index contributed by atoms with van der Waals surface area (Å²) in [5.41, 5.74) is 2.12. The molecule has 258 valence electrons. The Hall–Kier alpha value is -2.21. The van der Waals surface area contributed by atoms with E-state index in [1.807, 2.05) is 48.5 Å². The van der Waals surface area contributed by atoms with Crippen molar-refractivity contribution in [2.45, 2.75) is 168 Å². The Morgan fingerprint density at radius 3 is 1.89 bits per heavy atom. The minimum atomic E-state index is -0.342. The molecule has 0 aliphatic carbocycles. The van der Waals surface area contributed by atoms with E-state index in [0.29, 0.717) is 13.0 Å². The Morgan fingerprint density at radius 2 is 1.28 bits per heavy atom. The summed E-state index contributed by atoms with van der Waals surface area (Å²) >= 11 is 0. The first-order valence-corrected chi connectivity index (χ1v) is 18.8. The summed E-state index contributed by atoms with van der Waals surface area (Å²) in [4.78, 5) is 13.9. The molecule has 0 N–H and O–H groups in total. The van der Waals surface area contributed by atoms with Crippen molar-refractivity contribution >= 4 is 5.97 Å². The van der Waals surface area contributed by atoms with Gasteiger partial charge in [0.05, 0.1) is 24.7 Å². The molecule has 0 radical (unpaired) electrons. The fourth-order valence-corrected chi connectivity index (χ4v) is 6.42. The first-order valence-electron chi connectivity index (χ1n) is 18.8. The second-order valence-electron chi connectivity index (χ2n) is 13.3. The summed E-state index contributed by atoms with van der Waals surface area (Å²) in [6.07, 6.45) is 21.2. The standard InChI is InChI=1S/C41H64O5/c1-3-5-7-9-10-11-12-13-20-28-37(46-40-30-22-23-31-43-40)32-39(44-33-35-24-16-14-17-25-35)38(29-21-8-6-4-2)41(42)45-34-36-26-18-15-19-27-36/h14-19,24-27,37-40H,3-13,20-23,28-34H2,1-2H3/t37-,38+,39+,40?/m1/s1. The van der Waals surface area contributed by atoms with Crippen LogP contribution in [0.4, 0.5) is 0 Å². The zero-order valence-corrected chi connectivity index (χ0v) is 29.2. The molecule has 2 aromatic carbocycles. The van der Waals surface area contributed by atoms with E-state index < -0.39 is 0 Å². The molecular formula is C41H64O5. The van der Waals surface area contributed by atoms with E-state index in [4.69, 9.17) is 18.9 Å². The molecular weight excluding hydrogens is 572 g/mol. The average Bonchev–Trinajstić information content (AvgIpc) is 3.09. The number of carbonyl (C=O) groups excluding carboxylic acids is 1. The lowest BCUT2D eigenvalue weighted by Gasteiger charge is -2.32. The van der Waals surface area contributed by atoms with Crippen LogP contribution in [0.15, 0.2) is 60.7 Å². The van der Waals surface area contributed by atoms with Gasteiger partial charge in [0.25, 0.3) is 0 Å². The molecule has 0 bridgehead atoms. The molecule has 0 aromatic heterocycles. The monoisotopic (exact) mass is 636 g/mol. The van der Waals surface area contributed by atoms with Gasteiger partial charge < -0.3 is 18.9 Å². The van der Waals surface area contributed by atoms with E-state index >= 15 is 0 Å². The van der Waals surface area contributed by atoms with Crippen LogP contribution in [-0.2, 0) is 37.0 Å². The Bertz CT molecular complexity index is 990. The molecule has 46 heavy (non-hydrogen) atoms. The number of carbonyl (C=O) groups is 1. The predicted octanol–water partition coefficient (Wildman–Crippen LogP) is 11.1. The molecule has 0 amide bonds. The number of hydrogen-bond acceptors (Lipinski definition) is 5. The normalized spacial score (nSPS) is 17.0. The summed E-state index contributed by atoms with van der Waals surface area (Å²) in [6, 6.07) is 20.3. The molecule has 5 heteroatoms. The first-order chi connectivity index (χ1) is 22.7. The minimum Gasteiger partial charge on any atom is -0.461 e. The Labute approximate surface area is 281 Å². The fraction of sp³-hybridized carbons (Fsp3) is 0.683. The third-order valence-corrected chi connectivity index (χ3v) is 9.26. The highest BCUT2D eigenvalue weighted by molar-refractivity contribution is 5.73. The summed E-state index contributed by atoms with van der Waals surface area (Å²) in [6.45, 7) is 6.00. The van der Waals surface area contributed by atoms with Crippen LogP contribution in [0, 0.1) is 5.92 Å². The van der Waals surface area contributed by atoms with Gasteiger partial charge in [-0.15, -0.1) is 0 Å².